The number of hydrogen-bond donors (Lipinski definition) is 1. The molecule has 2 aromatic carbocycles. The van der Waals surface area contributed by atoms with Gasteiger partial charge in [0.2, 0.25) is 5.91 Å². The highest BCUT2D eigenvalue weighted by molar-refractivity contribution is 6.34. The number of likely N-dealkylation sites (N-methyl/N-ethyl adjacent to an activating group) is 1. The van der Waals surface area contributed by atoms with Crippen molar-refractivity contribution in [2.24, 2.45) is 0 Å². The maximum absolute atomic E-state index is 12.3. The molecule has 0 saturated carbocycles. The summed E-state index contributed by atoms with van der Waals surface area (Å²) in [7, 11) is 1.91. The minimum absolute atomic E-state index is 0.0905. The van der Waals surface area contributed by atoms with Crippen molar-refractivity contribution in [3.63, 3.8) is 0 Å². The molecule has 0 heterocycles. The average molecular weight is 373 g/mol. The molecule has 2 aromatic rings. The maximum Gasteiger partial charge on any atom is 0.238 e. The Morgan fingerprint density at radius 1 is 1.27 bits per heavy atom. The van der Waals surface area contributed by atoms with Crippen LogP contribution in [-0.2, 0) is 11.3 Å². The summed E-state index contributed by atoms with van der Waals surface area (Å²) < 4.78 is 5.47. The SMILES string of the molecule is C=CCOc1ccc(CN(C)CC(=O)Nc2c(C)cc(C)cc2Cl)cc1. The van der Waals surface area contributed by atoms with Gasteiger partial charge in [-0.3, -0.25) is 9.69 Å². The van der Waals surface area contributed by atoms with E-state index >= 15 is 0 Å². The zero-order valence-corrected chi connectivity index (χ0v) is 16.3. The van der Waals surface area contributed by atoms with Gasteiger partial charge in [-0.2, -0.15) is 0 Å². The molecule has 0 aliphatic rings. The Morgan fingerprint density at radius 2 is 1.96 bits per heavy atom. The number of benzene rings is 2. The maximum atomic E-state index is 12.3. The number of anilines is 1. The summed E-state index contributed by atoms with van der Waals surface area (Å²) in [6.07, 6.45) is 1.71. The van der Waals surface area contributed by atoms with Crippen molar-refractivity contribution >= 4 is 23.2 Å². The van der Waals surface area contributed by atoms with Gasteiger partial charge in [-0.15, -0.1) is 0 Å². The number of nitrogens with zero attached hydrogens (tertiary/aromatic N) is 1. The van der Waals surface area contributed by atoms with Crippen LogP contribution in [0.5, 0.6) is 5.75 Å². The van der Waals surface area contributed by atoms with Crippen LogP contribution in [0.1, 0.15) is 16.7 Å². The first kappa shape index (κ1) is 20.0. The second kappa shape index (κ2) is 9.41. The van der Waals surface area contributed by atoms with Crippen LogP contribution in [0.15, 0.2) is 49.1 Å². The number of ether oxygens (including phenoxy) is 1. The molecule has 0 bridgehead atoms. The second-order valence-electron chi connectivity index (χ2n) is 6.40. The summed E-state index contributed by atoms with van der Waals surface area (Å²) >= 11 is 6.25. The molecular weight excluding hydrogens is 348 g/mol. The summed E-state index contributed by atoms with van der Waals surface area (Å²) in [6.45, 7) is 8.97. The molecule has 0 aromatic heterocycles. The number of nitrogens with one attached hydrogen (secondary N) is 1. The first-order chi connectivity index (χ1) is 12.4. The zero-order chi connectivity index (χ0) is 19.1. The van der Waals surface area contributed by atoms with Crippen LogP contribution in [0.2, 0.25) is 5.02 Å². The minimum Gasteiger partial charge on any atom is -0.490 e. The van der Waals surface area contributed by atoms with Crippen LogP contribution in [0, 0.1) is 13.8 Å². The summed E-state index contributed by atoms with van der Waals surface area (Å²) in [5, 5.41) is 3.48. The van der Waals surface area contributed by atoms with Crippen molar-refractivity contribution in [3.8, 4) is 5.75 Å². The van der Waals surface area contributed by atoms with Gasteiger partial charge in [0.25, 0.3) is 0 Å². The lowest BCUT2D eigenvalue weighted by Crippen LogP contribution is -2.30. The molecule has 0 aliphatic heterocycles. The second-order valence-corrected chi connectivity index (χ2v) is 6.81. The quantitative estimate of drug-likeness (QED) is 0.689. The van der Waals surface area contributed by atoms with Gasteiger partial charge in [0.1, 0.15) is 12.4 Å². The molecule has 1 N–H and O–H groups in total. The van der Waals surface area contributed by atoms with E-state index in [9.17, 15) is 4.79 Å². The van der Waals surface area contributed by atoms with E-state index in [1.807, 2.05) is 62.2 Å². The Labute approximate surface area is 160 Å². The minimum atomic E-state index is -0.0905. The lowest BCUT2D eigenvalue weighted by molar-refractivity contribution is -0.117. The van der Waals surface area contributed by atoms with Gasteiger partial charge in [0, 0.05) is 6.54 Å². The summed E-state index contributed by atoms with van der Waals surface area (Å²) in [6, 6.07) is 11.7. The van der Waals surface area contributed by atoms with Gasteiger partial charge in [0.15, 0.2) is 0 Å². The van der Waals surface area contributed by atoms with Gasteiger partial charge >= 0.3 is 0 Å². The van der Waals surface area contributed by atoms with Crippen molar-refractivity contribution in [2.45, 2.75) is 20.4 Å². The van der Waals surface area contributed by atoms with Crippen LogP contribution < -0.4 is 10.1 Å². The molecule has 5 heteroatoms. The molecular formula is C21H25ClN2O2. The molecule has 0 aliphatic carbocycles. The van der Waals surface area contributed by atoms with E-state index in [0.717, 1.165) is 22.4 Å². The molecule has 0 atom stereocenters. The van der Waals surface area contributed by atoms with E-state index in [2.05, 4.69) is 11.9 Å². The van der Waals surface area contributed by atoms with Gasteiger partial charge in [-0.1, -0.05) is 42.5 Å². The lowest BCUT2D eigenvalue weighted by Gasteiger charge is -2.18. The molecule has 0 spiro atoms. The zero-order valence-electron chi connectivity index (χ0n) is 15.5. The monoisotopic (exact) mass is 372 g/mol. The number of aryl methyl sites for hydroxylation is 2. The Kier molecular flexibility index (Phi) is 7.25. The van der Waals surface area contributed by atoms with E-state index in [4.69, 9.17) is 16.3 Å². The highest BCUT2D eigenvalue weighted by atomic mass is 35.5. The van der Waals surface area contributed by atoms with E-state index < -0.39 is 0 Å². The number of carbonyl (C=O) groups excluding carboxylic acids is 1. The fourth-order valence-corrected chi connectivity index (χ4v) is 3.08. The van der Waals surface area contributed by atoms with Crippen LogP contribution in [-0.4, -0.2) is 31.0 Å². The van der Waals surface area contributed by atoms with Gasteiger partial charge in [-0.05, 0) is 55.8 Å². The fourth-order valence-electron chi connectivity index (χ4n) is 2.71. The molecule has 0 unspecified atom stereocenters. The smallest absolute Gasteiger partial charge is 0.238 e. The molecule has 2 rings (SSSR count). The van der Waals surface area contributed by atoms with Gasteiger partial charge in [0.05, 0.1) is 17.3 Å². The van der Waals surface area contributed by atoms with Crippen molar-refractivity contribution in [1.82, 2.24) is 4.90 Å². The highest BCUT2D eigenvalue weighted by Crippen LogP contribution is 2.27. The Morgan fingerprint density at radius 3 is 2.58 bits per heavy atom. The van der Waals surface area contributed by atoms with Crippen molar-refractivity contribution < 1.29 is 9.53 Å². The van der Waals surface area contributed by atoms with Crippen LogP contribution in [0.3, 0.4) is 0 Å². The normalized spacial score (nSPS) is 10.7. The predicted octanol–water partition coefficient (Wildman–Crippen LogP) is 4.59. The number of rotatable bonds is 8. The van der Waals surface area contributed by atoms with E-state index in [1.54, 1.807) is 6.08 Å². The van der Waals surface area contributed by atoms with Crippen molar-refractivity contribution in [2.75, 3.05) is 25.5 Å². The number of halogens is 1. The van der Waals surface area contributed by atoms with Crippen LogP contribution in [0.25, 0.3) is 0 Å². The molecule has 26 heavy (non-hydrogen) atoms. The number of hydrogen-bond acceptors (Lipinski definition) is 3. The molecule has 0 saturated heterocycles. The summed E-state index contributed by atoms with van der Waals surface area (Å²) in [5.41, 5.74) is 3.82. The van der Waals surface area contributed by atoms with Gasteiger partial charge < -0.3 is 10.1 Å². The lowest BCUT2D eigenvalue weighted by atomic mass is 10.1. The third kappa shape index (κ3) is 5.90. The molecule has 0 fully saturated rings. The fraction of sp³-hybridized carbons (Fsp3) is 0.286. The first-order valence-electron chi connectivity index (χ1n) is 8.47. The number of amides is 1. The first-order valence-corrected chi connectivity index (χ1v) is 8.84. The van der Waals surface area contributed by atoms with Gasteiger partial charge in [-0.25, -0.2) is 0 Å². The molecule has 4 nitrogen and oxygen atoms in total. The number of carbonyl (C=O) groups is 1. The largest absolute Gasteiger partial charge is 0.490 e. The topological polar surface area (TPSA) is 41.6 Å². The van der Waals surface area contributed by atoms with E-state index in [-0.39, 0.29) is 12.5 Å². The van der Waals surface area contributed by atoms with Crippen molar-refractivity contribution in [1.29, 1.82) is 0 Å². The van der Waals surface area contributed by atoms with Crippen LogP contribution >= 0.6 is 11.6 Å². The van der Waals surface area contributed by atoms with Crippen LogP contribution in [0.4, 0.5) is 5.69 Å². The average Bonchev–Trinajstić information content (AvgIpc) is 2.57. The molecule has 138 valence electrons. The Hall–Kier alpha value is -2.30. The summed E-state index contributed by atoms with van der Waals surface area (Å²) in [5.74, 6) is 0.714. The predicted molar refractivity (Wildman–Crippen MR) is 108 cm³/mol. The molecule has 0 radical (unpaired) electrons. The standard InChI is InChI=1S/C21H25ClN2O2/c1-5-10-26-18-8-6-17(7-9-18)13-24(4)14-20(25)23-21-16(3)11-15(2)12-19(21)22/h5-9,11-12H,1,10,13-14H2,2-4H3,(H,23,25). The third-order valence-electron chi connectivity index (χ3n) is 3.85. The molecule has 1 amide bonds. The van der Waals surface area contributed by atoms with E-state index in [0.29, 0.717) is 23.9 Å². The van der Waals surface area contributed by atoms with Crippen molar-refractivity contribution in [3.05, 3.63) is 70.8 Å². The van der Waals surface area contributed by atoms with E-state index in [1.165, 1.54) is 0 Å². The summed E-state index contributed by atoms with van der Waals surface area (Å²) in [4.78, 5) is 14.3. The Balaban J connectivity index is 1.90. The third-order valence-corrected chi connectivity index (χ3v) is 4.15. The Bertz CT molecular complexity index is 749. The highest BCUT2D eigenvalue weighted by Gasteiger charge is 2.12.